The van der Waals surface area contributed by atoms with Gasteiger partial charge in [-0.2, -0.15) is 0 Å². The van der Waals surface area contributed by atoms with Crippen LogP contribution >= 0.6 is 0 Å². The van der Waals surface area contributed by atoms with E-state index >= 15 is 0 Å². The molecule has 3 rings (SSSR count). The molecular weight excluding hydrogens is 948 g/mol. The Hall–Kier alpha value is -5.45. The topological polar surface area (TPSA) is 124 Å². The van der Waals surface area contributed by atoms with Crippen LogP contribution in [0.1, 0.15) is 240 Å². The van der Waals surface area contributed by atoms with E-state index in [1.165, 1.54) is 166 Å². The van der Waals surface area contributed by atoms with E-state index in [-0.39, 0.29) is 29.0 Å². The summed E-state index contributed by atoms with van der Waals surface area (Å²) >= 11 is 0. The summed E-state index contributed by atoms with van der Waals surface area (Å²) in [5.74, 6) is -1.72. The number of hydrogen-bond donors (Lipinski definition) is 0. The molecule has 0 heterocycles. The zero-order chi connectivity index (χ0) is 54.0. The van der Waals surface area contributed by atoms with Crippen LogP contribution in [-0.2, 0) is 19.1 Å². The number of unbranched alkanes of at least 4 members (excludes halogenated alkanes) is 30. The first-order chi connectivity index (χ1) is 36.5. The average molecular weight is 1040 g/mol. The molecule has 11 heteroatoms. The number of ether oxygens (including phenoxy) is 6. The Morgan fingerprint density at radius 1 is 0.360 bits per heavy atom. The summed E-state index contributed by atoms with van der Waals surface area (Å²) in [6.45, 7) is 12.8. The lowest BCUT2D eigenvalue weighted by molar-refractivity contribution is -0.139. The Bertz CT molecular complexity index is 2050. The number of rotatable bonds is 46. The Labute approximate surface area is 450 Å². The predicted molar refractivity (Wildman–Crippen MR) is 299 cm³/mol. The molecule has 0 unspecified atom stereocenters. The highest BCUT2D eigenvalue weighted by Gasteiger charge is 2.16. The largest absolute Gasteiger partial charge is 0.494 e. The third kappa shape index (κ3) is 31.9. The molecule has 0 aliphatic carbocycles. The molecular formula is C64H93FO10. The van der Waals surface area contributed by atoms with Crippen molar-refractivity contribution in [2.75, 3.05) is 26.4 Å². The van der Waals surface area contributed by atoms with Crippen LogP contribution in [-0.4, -0.2) is 50.3 Å². The van der Waals surface area contributed by atoms with Gasteiger partial charge in [-0.25, -0.2) is 23.6 Å². The van der Waals surface area contributed by atoms with E-state index in [2.05, 4.69) is 13.2 Å². The van der Waals surface area contributed by atoms with Gasteiger partial charge >= 0.3 is 23.9 Å². The van der Waals surface area contributed by atoms with E-state index in [1.54, 1.807) is 62.4 Å². The van der Waals surface area contributed by atoms with E-state index in [4.69, 9.17) is 28.4 Å². The minimum Gasteiger partial charge on any atom is -0.494 e. The highest BCUT2D eigenvalue weighted by Crippen LogP contribution is 2.26. The maximum atomic E-state index is 15.0. The number of esters is 4. The van der Waals surface area contributed by atoms with E-state index in [0.717, 1.165) is 57.4 Å². The quantitative estimate of drug-likeness (QED) is 0.0234. The van der Waals surface area contributed by atoms with Gasteiger partial charge in [0.05, 0.1) is 37.6 Å². The standard InChI is InChI=1S/C64H93FO10/c1-52(2)61(66)72-49-35-31-27-23-19-15-11-7-5-9-13-17-21-25-29-33-47-70-56-41-37-54(38-42-56)63(68)74-58-45-46-60(59(65)51-58)75-64(69)55-39-43-57(44-40-55)71-48-34-30-26-22-18-14-10-6-8-12-16-20-24-28-32-36-50-73-62(67)53(3)4/h37-46,51H,1,3,5-36,47-50H2,2,4H3. The van der Waals surface area contributed by atoms with E-state index in [9.17, 15) is 23.6 Å². The highest BCUT2D eigenvalue weighted by molar-refractivity contribution is 5.92. The van der Waals surface area contributed by atoms with Crippen LogP contribution in [0, 0.1) is 5.82 Å². The lowest BCUT2D eigenvalue weighted by Crippen LogP contribution is -2.11. The zero-order valence-corrected chi connectivity index (χ0v) is 46.2. The monoisotopic (exact) mass is 1040 g/mol. The molecule has 3 aromatic rings. The van der Waals surface area contributed by atoms with Gasteiger partial charge in [0.15, 0.2) is 11.6 Å². The summed E-state index contributed by atoms with van der Waals surface area (Å²) in [5.41, 5.74) is 1.48. The van der Waals surface area contributed by atoms with Crippen molar-refractivity contribution in [2.45, 2.75) is 219 Å². The lowest BCUT2D eigenvalue weighted by atomic mass is 10.0. The van der Waals surface area contributed by atoms with Gasteiger partial charge in [0.25, 0.3) is 0 Å². The van der Waals surface area contributed by atoms with Gasteiger partial charge in [0.2, 0.25) is 0 Å². The second-order valence-electron chi connectivity index (χ2n) is 20.3. The molecule has 0 bridgehead atoms. The molecule has 0 atom stereocenters. The molecule has 0 amide bonds. The van der Waals surface area contributed by atoms with Crippen LogP contribution in [0.4, 0.5) is 4.39 Å². The molecule has 0 radical (unpaired) electrons. The van der Waals surface area contributed by atoms with Crippen LogP contribution in [0.3, 0.4) is 0 Å². The third-order valence-corrected chi connectivity index (χ3v) is 13.3. The zero-order valence-electron chi connectivity index (χ0n) is 46.2. The van der Waals surface area contributed by atoms with Crippen molar-refractivity contribution in [1.82, 2.24) is 0 Å². The van der Waals surface area contributed by atoms with Gasteiger partial charge in [-0.1, -0.05) is 193 Å². The van der Waals surface area contributed by atoms with Crippen molar-refractivity contribution in [3.63, 3.8) is 0 Å². The summed E-state index contributed by atoms with van der Waals surface area (Å²) in [7, 11) is 0. The molecule has 3 aromatic carbocycles. The van der Waals surface area contributed by atoms with Crippen molar-refractivity contribution in [1.29, 1.82) is 0 Å². The molecule has 75 heavy (non-hydrogen) atoms. The van der Waals surface area contributed by atoms with Gasteiger partial charge < -0.3 is 28.4 Å². The van der Waals surface area contributed by atoms with Crippen molar-refractivity contribution in [3.8, 4) is 23.0 Å². The molecule has 0 aromatic heterocycles. The van der Waals surface area contributed by atoms with Crippen LogP contribution in [0.2, 0.25) is 0 Å². The molecule has 0 aliphatic heterocycles. The normalized spacial score (nSPS) is 11.0. The molecule has 0 saturated carbocycles. The van der Waals surface area contributed by atoms with Crippen LogP contribution in [0.5, 0.6) is 23.0 Å². The van der Waals surface area contributed by atoms with Crippen LogP contribution in [0.25, 0.3) is 0 Å². The fourth-order valence-corrected chi connectivity index (χ4v) is 8.64. The third-order valence-electron chi connectivity index (χ3n) is 13.3. The molecule has 10 nitrogen and oxygen atoms in total. The molecule has 0 aliphatic rings. The summed E-state index contributed by atoms with van der Waals surface area (Å²) < 4.78 is 47.8. The van der Waals surface area contributed by atoms with Gasteiger partial charge in [0, 0.05) is 17.2 Å². The highest BCUT2D eigenvalue weighted by atomic mass is 19.1. The first-order valence-corrected chi connectivity index (χ1v) is 28.9. The Morgan fingerprint density at radius 2 is 0.627 bits per heavy atom. The van der Waals surface area contributed by atoms with Crippen molar-refractivity contribution in [2.24, 2.45) is 0 Å². The predicted octanol–water partition coefficient (Wildman–Crippen LogP) is 17.7. The smallest absolute Gasteiger partial charge is 0.343 e. The van der Waals surface area contributed by atoms with E-state index < -0.39 is 17.8 Å². The summed E-state index contributed by atoms with van der Waals surface area (Å²) in [6, 6.07) is 17.0. The summed E-state index contributed by atoms with van der Waals surface area (Å²) in [4.78, 5) is 48.4. The summed E-state index contributed by atoms with van der Waals surface area (Å²) in [6.07, 6.45) is 39.1. The fraction of sp³-hybridized carbons (Fsp3) is 0.594. The second-order valence-corrected chi connectivity index (χ2v) is 20.3. The number of carbonyl (C=O) groups is 4. The Morgan fingerprint density at radius 3 is 0.920 bits per heavy atom. The maximum Gasteiger partial charge on any atom is 0.343 e. The first-order valence-electron chi connectivity index (χ1n) is 28.9. The fourth-order valence-electron chi connectivity index (χ4n) is 8.64. The molecule has 416 valence electrons. The molecule has 0 fully saturated rings. The Balaban J connectivity index is 1.13. The minimum atomic E-state index is -0.833. The number of carbonyl (C=O) groups excluding carboxylic acids is 4. The average Bonchev–Trinajstić information content (AvgIpc) is 3.40. The maximum absolute atomic E-state index is 15.0. The molecule has 0 N–H and O–H groups in total. The van der Waals surface area contributed by atoms with E-state index in [1.807, 2.05) is 0 Å². The summed E-state index contributed by atoms with van der Waals surface area (Å²) in [5, 5.41) is 0. The van der Waals surface area contributed by atoms with Gasteiger partial charge in [-0.05, 0) is 100 Å². The Kier molecular flexibility index (Phi) is 35.5. The van der Waals surface area contributed by atoms with Gasteiger partial charge in [-0.3, -0.25) is 0 Å². The van der Waals surface area contributed by atoms with Crippen molar-refractivity contribution >= 4 is 23.9 Å². The minimum absolute atomic E-state index is 0.0117. The van der Waals surface area contributed by atoms with Crippen LogP contribution in [0.15, 0.2) is 91.0 Å². The number of halogens is 1. The van der Waals surface area contributed by atoms with Crippen molar-refractivity contribution in [3.05, 3.63) is 108 Å². The van der Waals surface area contributed by atoms with Crippen molar-refractivity contribution < 1.29 is 52.0 Å². The van der Waals surface area contributed by atoms with E-state index in [0.29, 0.717) is 54.6 Å². The molecule has 0 spiro atoms. The van der Waals surface area contributed by atoms with Gasteiger partial charge in [-0.15, -0.1) is 0 Å². The molecule has 0 saturated heterocycles. The number of hydrogen-bond acceptors (Lipinski definition) is 10. The second kappa shape index (κ2) is 41.8. The SMILES string of the molecule is C=C(C)C(=O)OCCCCCCCCCCCCCCCCCCOc1ccc(C(=O)Oc2ccc(OC(=O)c3ccc(OCCCCCCCCCCCCCCCCCCOC(=O)C(=C)C)cc3)c(F)c2)cc1. The van der Waals surface area contributed by atoms with Crippen LogP contribution < -0.4 is 18.9 Å². The lowest BCUT2D eigenvalue weighted by Gasteiger charge is -2.10. The number of benzene rings is 3. The van der Waals surface area contributed by atoms with Gasteiger partial charge in [0.1, 0.15) is 17.2 Å². The first kappa shape index (κ1) is 63.8.